The summed E-state index contributed by atoms with van der Waals surface area (Å²) < 4.78 is 11.0. The van der Waals surface area contributed by atoms with Crippen molar-refractivity contribution in [3.63, 3.8) is 0 Å². The third-order valence-corrected chi connectivity index (χ3v) is 5.52. The molecular formula is C24H27BrN2O6. The monoisotopic (exact) mass is 518 g/mol. The molecule has 0 heterocycles. The molecule has 33 heavy (non-hydrogen) atoms. The predicted octanol–water partition coefficient (Wildman–Crippen LogP) is 4.53. The Morgan fingerprint density at radius 3 is 2.18 bits per heavy atom. The van der Waals surface area contributed by atoms with Crippen molar-refractivity contribution in [2.24, 2.45) is 0 Å². The second-order valence-corrected chi connectivity index (χ2v) is 8.49. The Morgan fingerprint density at radius 1 is 0.879 bits per heavy atom. The number of esters is 2. The highest BCUT2D eigenvalue weighted by atomic mass is 79.9. The van der Waals surface area contributed by atoms with Crippen LogP contribution in [0, 0.1) is 13.8 Å². The third-order valence-electron chi connectivity index (χ3n) is 4.66. The third kappa shape index (κ3) is 8.34. The lowest BCUT2D eigenvalue weighted by molar-refractivity contribution is -0.147. The molecule has 0 aliphatic heterocycles. The van der Waals surface area contributed by atoms with Gasteiger partial charge in [-0.2, -0.15) is 0 Å². The number of hydrogen-bond donors (Lipinski definition) is 2. The van der Waals surface area contributed by atoms with Crippen molar-refractivity contribution in [3.05, 3.63) is 57.6 Å². The van der Waals surface area contributed by atoms with E-state index in [1.807, 2.05) is 19.9 Å². The highest BCUT2D eigenvalue weighted by Crippen LogP contribution is 2.25. The molecule has 0 atom stereocenters. The lowest BCUT2D eigenvalue weighted by atomic mass is 10.1. The average Bonchev–Trinajstić information content (AvgIpc) is 2.76. The van der Waals surface area contributed by atoms with E-state index in [0.717, 1.165) is 15.6 Å². The summed E-state index contributed by atoms with van der Waals surface area (Å²) >= 11 is 3.43. The maximum atomic E-state index is 12.1. The smallest absolute Gasteiger partial charge is 0.338 e. The SMILES string of the molecule is Cc1c(Br)ccc(NC(=O)COC(=O)CCC(=O)Nc2ccc(C(=O)OC(C)C)cc2)c1C. The van der Waals surface area contributed by atoms with Gasteiger partial charge >= 0.3 is 11.9 Å². The van der Waals surface area contributed by atoms with Crippen molar-refractivity contribution in [3.8, 4) is 0 Å². The summed E-state index contributed by atoms with van der Waals surface area (Å²) in [5, 5.41) is 5.34. The van der Waals surface area contributed by atoms with Crippen LogP contribution >= 0.6 is 15.9 Å². The molecule has 2 amide bonds. The Morgan fingerprint density at radius 2 is 1.55 bits per heavy atom. The van der Waals surface area contributed by atoms with Crippen LogP contribution in [0.3, 0.4) is 0 Å². The molecule has 0 bridgehead atoms. The van der Waals surface area contributed by atoms with Gasteiger partial charge in [-0.15, -0.1) is 0 Å². The molecule has 0 aliphatic carbocycles. The minimum Gasteiger partial charge on any atom is -0.459 e. The number of nitrogens with one attached hydrogen (secondary N) is 2. The number of ether oxygens (including phenoxy) is 2. The molecule has 0 aliphatic rings. The van der Waals surface area contributed by atoms with Gasteiger partial charge in [0.05, 0.1) is 18.1 Å². The number of carbonyl (C=O) groups is 4. The first-order chi connectivity index (χ1) is 15.6. The first kappa shape index (κ1) is 26.1. The zero-order valence-electron chi connectivity index (χ0n) is 19.0. The molecule has 8 nitrogen and oxygen atoms in total. The van der Waals surface area contributed by atoms with Gasteiger partial charge in [-0.25, -0.2) is 4.79 Å². The molecular weight excluding hydrogens is 492 g/mol. The number of amides is 2. The van der Waals surface area contributed by atoms with E-state index in [0.29, 0.717) is 16.9 Å². The van der Waals surface area contributed by atoms with Gasteiger partial charge in [-0.1, -0.05) is 15.9 Å². The molecule has 2 aromatic carbocycles. The molecule has 2 N–H and O–H groups in total. The predicted molar refractivity (Wildman–Crippen MR) is 128 cm³/mol. The number of carbonyl (C=O) groups excluding carboxylic acids is 4. The van der Waals surface area contributed by atoms with Crippen LogP contribution in [-0.2, 0) is 23.9 Å². The molecule has 2 rings (SSSR count). The molecule has 0 radical (unpaired) electrons. The van der Waals surface area contributed by atoms with Gasteiger partial charge in [0.15, 0.2) is 6.61 Å². The van der Waals surface area contributed by atoms with E-state index < -0.39 is 30.4 Å². The number of anilines is 2. The summed E-state index contributed by atoms with van der Waals surface area (Å²) in [7, 11) is 0. The lowest BCUT2D eigenvalue weighted by Gasteiger charge is -2.12. The van der Waals surface area contributed by atoms with Gasteiger partial charge < -0.3 is 20.1 Å². The van der Waals surface area contributed by atoms with Gasteiger partial charge in [0.1, 0.15) is 0 Å². The first-order valence-corrected chi connectivity index (χ1v) is 11.2. The zero-order chi connectivity index (χ0) is 24.5. The van der Waals surface area contributed by atoms with Gasteiger partial charge in [-0.05, 0) is 75.2 Å². The van der Waals surface area contributed by atoms with Crippen LogP contribution in [0.4, 0.5) is 11.4 Å². The quantitative estimate of drug-likeness (QED) is 0.471. The summed E-state index contributed by atoms with van der Waals surface area (Å²) in [5.74, 6) is -1.96. The molecule has 0 spiro atoms. The van der Waals surface area contributed by atoms with Gasteiger partial charge in [0.2, 0.25) is 5.91 Å². The Labute approximate surface area is 201 Å². The van der Waals surface area contributed by atoms with Crippen LogP contribution in [-0.4, -0.2) is 36.5 Å². The Hall–Kier alpha value is -3.20. The number of hydrogen-bond acceptors (Lipinski definition) is 6. The van der Waals surface area contributed by atoms with E-state index in [1.54, 1.807) is 44.2 Å². The highest BCUT2D eigenvalue weighted by molar-refractivity contribution is 9.10. The van der Waals surface area contributed by atoms with E-state index in [9.17, 15) is 19.2 Å². The maximum absolute atomic E-state index is 12.1. The first-order valence-electron chi connectivity index (χ1n) is 10.4. The number of halogens is 1. The lowest BCUT2D eigenvalue weighted by Crippen LogP contribution is -2.22. The average molecular weight is 519 g/mol. The number of rotatable bonds is 9. The summed E-state index contributed by atoms with van der Waals surface area (Å²) in [6.07, 6.45) is -0.506. The van der Waals surface area contributed by atoms with E-state index in [4.69, 9.17) is 9.47 Å². The Bertz CT molecular complexity index is 1030. The summed E-state index contributed by atoms with van der Waals surface area (Å²) in [4.78, 5) is 47.9. The fraction of sp³-hybridized carbons (Fsp3) is 0.333. The molecule has 9 heteroatoms. The van der Waals surface area contributed by atoms with Gasteiger partial charge in [0.25, 0.3) is 5.91 Å². The topological polar surface area (TPSA) is 111 Å². The van der Waals surface area contributed by atoms with Crippen molar-refractivity contribution in [2.75, 3.05) is 17.2 Å². The fourth-order valence-electron chi connectivity index (χ4n) is 2.74. The molecule has 0 fully saturated rings. The molecule has 0 saturated carbocycles. The largest absolute Gasteiger partial charge is 0.459 e. The molecule has 0 unspecified atom stereocenters. The van der Waals surface area contributed by atoms with Crippen LogP contribution in [0.1, 0.15) is 48.2 Å². The Kier molecular flexibility index (Phi) is 9.59. The van der Waals surface area contributed by atoms with Gasteiger partial charge in [-0.3, -0.25) is 14.4 Å². The maximum Gasteiger partial charge on any atom is 0.338 e. The van der Waals surface area contributed by atoms with Crippen molar-refractivity contribution >= 4 is 51.1 Å². The van der Waals surface area contributed by atoms with E-state index in [1.165, 1.54) is 0 Å². The summed E-state index contributed by atoms with van der Waals surface area (Å²) in [5.41, 5.74) is 3.40. The summed E-state index contributed by atoms with van der Waals surface area (Å²) in [6, 6.07) is 9.82. The van der Waals surface area contributed by atoms with Crippen molar-refractivity contribution in [1.82, 2.24) is 0 Å². The minimum absolute atomic E-state index is 0.109. The molecule has 0 aromatic heterocycles. The standard InChI is InChI=1S/C24H27BrN2O6/c1-14(2)33-24(31)17-5-7-18(8-6-17)26-21(28)11-12-23(30)32-13-22(29)27-20-10-9-19(25)15(3)16(20)4/h5-10,14H,11-13H2,1-4H3,(H,26,28)(H,27,29). The van der Waals surface area contributed by atoms with E-state index in [2.05, 4.69) is 26.6 Å². The van der Waals surface area contributed by atoms with Crippen molar-refractivity contribution in [1.29, 1.82) is 0 Å². The van der Waals surface area contributed by atoms with Crippen LogP contribution < -0.4 is 10.6 Å². The van der Waals surface area contributed by atoms with E-state index >= 15 is 0 Å². The second kappa shape index (κ2) is 12.2. The van der Waals surface area contributed by atoms with Crippen molar-refractivity contribution < 1.29 is 28.7 Å². The fourth-order valence-corrected chi connectivity index (χ4v) is 3.17. The molecule has 2 aromatic rings. The van der Waals surface area contributed by atoms with Crippen molar-refractivity contribution in [2.45, 2.75) is 46.6 Å². The van der Waals surface area contributed by atoms with E-state index in [-0.39, 0.29) is 18.9 Å². The Balaban J connectivity index is 1.73. The van der Waals surface area contributed by atoms with Crippen LogP contribution in [0.25, 0.3) is 0 Å². The normalized spacial score (nSPS) is 10.5. The van der Waals surface area contributed by atoms with Gasteiger partial charge in [0, 0.05) is 22.3 Å². The minimum atomic E-state index is -0.657. The van der Waals surface area contributed by atoms with Crippen LogP contribution in [0.5, 0.6) is 0 Å². The van der Waals surface area contributed by atoms with Crippen LogP contribution in [0.2, 0.25) is 0 Å². The van der Waals surface area contributed by atoms with Crippen LogP contribution in [0.15, 0.2) is 40.9 Å². The number of benzene rings is 2. The summed E-state index contributed by atoms with van der Waals surface area (Å²) in [6.45, 7) is 6.88. The second-order valence-electron chi connectivity index (χ2n) is 7.63. The molecule has 176 valence electrons. The zero-order valence-corrected chi connectivity index (χ0v) is 20.6. The highest BCUT2D eigenvalue weighted by Gasteiger charge is 2.13. The molecule has 0 saturated heterocycles.